The first-order valence-electron chi connectivity index (χ1n) is 4.92. The highest BCUT2D eigenvalue weighted by molar-refractivity contribution is 4.93. The van der Waals surface area contributed by atoms with E-state index in [-0.39, 0.29) is 6.04 Å². The van der Waals surface area contributed by atoms with E-state index in [4.69, 9.17) is 19.7 Å². The second-order valence-corrected chi connectivity index (χ2v) is 3.06. The number of hydrogen-bond donors (Lipinski definition) is 1. The van der Waals surface area contributed by atoms with E-state index in [0.29, 0.717) is 38.0 Å². The predicted molar refractivity (Wildman–Crippen MR) is 53.3 cm³/mol. The van der Waals surface area contributed by atoms with Crippen molar-refractivity contribution in [3.05, 3.63) is 11.7 Å². The van der Waals surface area contributed by atoms with E-state index in [2.05, 4.69) is 10.1 Å². The van der Waals surface area contributed by atoms with Gasteiger partial charge in [-0.2, -0.15) is 4.98 Å². The maximum Gasteiger partial charge on any atom is 0.229 e. The Bertz CT molecular complexity index is 277. The van der Waals surface area contributed by atoms with Crippen LogP contribution in [0, 0.1) is 0 Å². The van der Waals surface area contributed by atoms with Gasteiger partial charge in [0.15, 0.2) is 5.82 Å². The number of aromatic nitrogens is 2. The molecule has 1 rings (SSSR count). The third kappa shape index (κ3) is 3.94. The molecular formula is C9H17N3O3. The number of nitrogens with zero attached hydrogens (tertiary/aromatic N) is 2. The van der Waals surface area contributed by atoms with E-state index in [1.165, 1.54) is 0 Å². The number of hydrogen-bond acceptors (Lipinski definition) is 6. The summed E-state index contributed by atoms with van der Waals surface area (Å²) in [6.45, 7) is 3.50. The molecule has 2 N–H and O–H groups in total. The standard InChI is InChI=1S/C9H17N3O3/c1-3-14-6-7(10)9-11-8(15-12-9)4-5-13-2/h7H,3-6,10H2,1-2H3. The zero-order chi connectivity index (χ0) is 11.1. The molecule has 1 heterocycles. The van der Waals surface area contributed by atoms with Crippen molar-refractivity contribution in [2.75, 3.05) is 26.9 Å². The van der Waals surface area contributed by atoms with Gasteiger partial charge in [0.2, 0.25) is 5.89 Å². The molecule has 0 amide bonds. The molecule has 6 heteroatoms. The zero-order valence-corrected chi connectivity index (χ0v) is 9.10. The highest BCUT2D eigenvalue weighted by Gasteiger charge is 2.13. The largest absolute Gasteiger partial charge is 0.384 e. The van der Waals surface area contributed by atoms with E-state index < -0.39 is 0 Å². The quantitative estimate of drug-likeness (QED) is 0.704. The highest BCUT2D eigenvalue weighted by atomic mass is 16.5. The van der Waals surface area contributed by atoms with E-state index >= 15 is 0 Å². The van der Waals surface area contributed by atoms with Crippen molar-refractivity contribution in [2.24, 2.45) is 5.73 Å². The minimum Gasteiger partial charge on any atom is -0.384 e. The van der Waals surface area contributed by atoms with Crippen LogP contribution in [0.15, 0.2) is 4.52 Å². The lowest BCUT2D eigenvalue weighted by molar-refractivity contribution is 0.130. The van der Waals surface area contributed by atoms with Crippen molar-refractivity contribution in [2.45, 2.75) is 19.4 Å². The number of methoxy groups -OCH3 is 1. The molecule has 0 saturated carbocycles. The first kappa shape index (κ1) is 12.1. The Morgan fingerprint density at radius 3 is 3.00 bits per heavy atom. The molecule has 1 aromatic heterocycles. The molecule has 0 fully saturated rings. The van der Waals surface area contributed by atoms with Crippen molar-refractivity contribution in [3.63, 3.8) is 0 Å². The normalized spacial score (nSPS) is 13.0. The smallest absolute Gasteiger partial charge is 0.229 e. The third-order valence-corrected chi connectivity index (χ3v) is 1.84. The first-order valence-corrected chi connectivity index (χ1v) is 4.92. The molecular weight excluding hydrogens is 198 g/mol. The number of rotatable bonds is 7. The summed E-state index contributed by atoms with van der Waals surface area (Å²) in [6.07, 6.45) is 0.602. The first-order chi connectivity index (χ1) is 7.27. The molecule has 1 unspecified atom stereocenters. The van der Waals surface area contributed by atoms with Crippen LogP contribution < -0.4 is 5.73 Å². The lowest BCUT2D eigenvalue weighted by atomic mass is 10.3. The maximum atomic E-state index is 5.78. The van der Waals surface area contributed by atoms with Gasteiger partial charge in [0.1, 0.15) is 0 Å². The van der Waals surface area contributed by atoms with Crippen LogP contribution in [0.4, 0.5) is 0 Å². The Morgan fingerprint density at radius 2 is 2.33 bits per heavy atom. The van der Waals surface area contributed by atoms with Gasteiger partial charge in [-0.3, -0.25) is 0 Å². The monoisotopic (exact) mass is 215 g/mol. The fourth-order valence-corrected chi connectivity index (χ4v) is 1.03. The van der Waals surface area contributed by atoms with Gasteiger partial charge in [0.05, 0.1) is 25.7 Å². The topological polar surface area (TPSA) is 83.4 Å². The van der Waals surface area contributed by atoms with Gasteiger partial charge in [-0.05, 0) is 6.92 Å². The van der Waals surface area contributed by atoms with Gasteiger partial charge < -0.3 is 19.7 Å². The van der Waals surface area contributed by atoms with E-state index in [1.807, 2.05) is 6.92 Å². The molecule has 86 valence electrons. The fraction of sp³-hybridized carbons (Fsp3) is 0.778. The lowest BCUT2D eigenvalue weighted by Crippen LogP contribution is -2.18. The average molecular weight is 215 g/mol. The molecule has 1 aromatic rings. The molecule has 0 bridgehead atoms. The fourth-order valence-electron chi connectivity index (χ4n) is 1.03. The summed E-state index contributed by atoms with van der Waals surface area (Å²) < 4.78 is 15.1. The van der Waals surface area contributed by atoms with Gasteiger partial charge in [-0.15, -0.1) is 0 Å². The minimum atomic E-state index is -0.329. The summed E-state index contributed by atoms with van der Waals surface area (Å²) in [6, 6.07) is -0.329. The SMILES string of the molecule is CCOCC(N)c1noc(CCOC)n1. The van der Waals surface area contributed by atoms with Gasteiger partial charge >= 0.3 is 0 Å². The summed E-state index contributed by atoms with van der Waals surface area (Å²) in [4.78, 5) is 4.14. The maximum absolute atomic E-state index is 5.78. The van der Waals surface area contributed by atoms with Crippen LogP contribution in [0.25, 0.3) is 0 Å². The summed E-state index contributed by atoms with van der Waals surface area (Å²) in [7, 11) is 1.62. The summed E-state index contributed by atoms with van der Waals surface area (Å²) in [5, 5.41) is 3.78. The van der Waals surface area contributed by atoms with Crippen LogP contribution in [-0.4, -0.2) is 37.1 Å². The number of nitrogens with two attached hydrogens (primary N) is 1. The molecule has 0 aliphatic rings. The summed E-state index contributed by atoms with van der Waals surface area (Å²) in [5.41, 5.74) is 5.78. The van der Waals surface area contributed by atoms with Crippen molar-refractivity contribution in [1.29, 1.82) is 0 Å². The van der Waals surface area contributed by atoms with Crippen molar-refractivity contribution < 1.29 is 14.0 Å². The molecule has 0 saturated heterocycles. The van der Waals surface area contributed by atoms with Crippen LogP contribution in [0.1, 0.15) is 24.7 Å². The van der Waals surface area contributed by atoms with Crippen LogP contribution in [0.3, 0.4) is 0 Å². The Kier molecular flexibility index (Phi) is 5.23. The number of ether oxygens (including phenoxy) is 2. The van der Waals surface area contributed by atoms with Crippen molar-refractivity contribution in [1.82, 2.24) is 10.1 Å². The van der Waals surface area contributed by atoms with E-state index in [9.17, 15) is 0 Å². The van der Waals surface area contributed by atoms with Crippen molar-refractivity contribution in [3.8, 4) is 0 Å². The average Bonchev–Trinajstić information content (AvgIpc) is 2.71. The van der Waals surface area contributed by atoms with Gasteiger partial charge in [-0.25, -0.2) is 0 Å². The van der Waals surface area contributed by atoms with Crippen LogP contribution in [-0.2, 0) is 15.9 Å². The third-order valence-electron chi connectivity index (χ3n) is 1.84. The highest BCUT2D eigenvalue weighted by Crippen LogP contribution is 2.07. The molecule has 0 aliphatic carbocycles. The minimum absolute atomic E-state index is 0.329. The molecule has 6 nitrogen and oxygen atoms in total. The molecule has 15 heavy (non-hydrogen) atoms. The molecule has 0 spiro atoms. The van der Waals surface area contributed by atoms with Gasteiger partial charge in [0, 0.05) is 13.7 Å². The second-order valence-electron chi connectivity index (χ2n) is 3.06. The Morgan fingerprint density at radius 1 is 1.53 bits per heavy atom. The molecule has 0 aliphatic heterocycles. The van der Waals surface area contributed by atoms with Crippen LogP contribution in [0.5, 0.6) is 0 Å². The molecule has 0 aromatic carbocycles. The van der Waals surface area contributed by atoms with Crippen LogP contribution >= 0.6 is 0 Å². The molecule has 0 radical (unpaired) electrons. The lowest BCUT2D eigenvalue weighted by Gasteiger charge is -2.05. The van der Waals surface area contributed by atoms with Gasteiger partial charge in [-0.1, -0.05) is 5.16 Å². The Hall–Kier alpha value is -0.980. The molecule has 1 atom stereocenters. The van der Waals surface area contributed by atoms with E-state index in [0.717, 1.165) is 0 Å². The second kappa shape index (κ2) is 6.49. The van der Waals surface area contributed by atoms with Crippen molar-refractivity contribution >= 4 is 0 Å². The summed E-state index contributed by atoms with van der Waals surface area (Å²) >= 11 is 0. The Labute approximate surface area is 88.7 Å². The van der Waals surface area contributed by atoms with Gasteiger partial charge in [0.25, 0.3) is 0 Å². The van der Waals surface area contributed by atoms with E-state index in [1.54, 1.807) is 7.11 Å². The van der Waals surface area contributed by atoms with Crippen LogP contribution in [0.2, 0.25) is 0 Å². The predicted octanol–water partition coefficient (Wildman–Crippen LogP) is 0.295. The Balaban J connectivity index is 2.43. The zero-order valence-electron chi connectivity index (χ0n) is 9.10. The summed E-state index contributed by atoms with van der Waals surface area (Å²) in [5.74, 6) is 1.02.